The summed E-state index contributed by atoms with van der Waals surface area (Å²) in [5.41, 5.74) is 3.67. The van der Waals surface area contributed by atoms with Crippen molar-refractivity contribution in [2.24, 2.45) is 0 Å². The van der Waals surface area contributed by atoms with Crippen molar-refractivity contribution in [2.45, 2.75) is 33.4 Å². The maximum Gasteiger partial charge on any atom is 0.322 e. The summed E-state index contributed by atoms with van der Waals surface area (Å²) >= 11 is 0. The van der Waals surface area contributed by atoms with Crippen LogP contribution >= 0.6 is 0 Å². The van der Waals surface area contributed by atoms with Gasteiger partial charge in [0.15, 0.2) is 0 Å². The maximum atomic E-state index is 11.2. The van der Waals surface area contributed by atoms with Gasteiger partial charge in [-0.1, -0.05) is 29.3 Å². The zero-order valence-electron chi connectivity index (χ0n) is 10.3. The second-order valence-corrected chi connectivity index (χ2v) is 4.12. The normalized spacial score (nSPS) is 12.2. The topological polar surface area (TPSA) is 38.3 Å². The largest absolute Gasteiger partial charge is 0.468 e. The highest BCUT2D eigenvalue weighted by atomic mass is 16.5. The summed E-state index contributed by atoms with van der Waals surface area (Å²) in [6.45, 7) is 6.62. The first-order valence-electron chi connectivity index (χ1n) is 5.41. The Hall–Kier alpha value is -1.35. The summed E-state index contributed by atoms with van der Waals surface area (Å²) in [6, 6.07) is 6.09. The third-order valence-electron chi connectivity index (χ3n) is 2.45. The Morgan fingerprint density at radius 2 is 1.88 bits per heavy atom. The molecule has 0 heterocycles. The van der Waals surface area contributed by atoms with Crippen LogP contribution in [0.2, 0.25) is 0 Å². The molecule has 1 N–H and O–H groups in total. The fraction of sp³-hybridized carbons (Fsp3) is 0.462. The summed E-state index contributed by atoms with van der Waals surface area (Å²) in [4.78, 5) is 11.2. The second-order valence-electron chi connectivity index (χ2n) is 4.12. The Morgan fingerprint density at radius 3 is 2.38 bits per heavy atom. The smallest absolute Gasteiger partial charge is 0.322 e. The predicted molar refractivity (Wildman–Crippen MR) is 64.2 cm³/mol. The van der Waals surface area contributed by atoms with Gasteiger partial charge in [-0.2, -0.15) is 0 Å². The van der Waals surface area contributed by atoms with Crippen LogP contribution in [-0.2, 0) is 16.1 Å². The number of methoxy groups -OCH3 is 1. The monoisotopic (exact) mass is 221 g/mol. The van der Waals surface area contributed by atoms with E-state index in [-0.39, 0.29) is 12.0 Å². The van der Waals surface area contributed by atoms with Gasteiger partial charge >= 0.3 is 5.97 Å². The minimum Gasteiger partial charge on any atom is -0.468 e. The molecule has 1 aromatic rings. The van der Waals surface area contributed by atoms with Gasteiger partial charge in [-0.3, -0.25) is 4.79 Å². The van der Waals surface area contributed by atoms with Crippen LogP contribution in [-0.4, -0.2) is 19.1 Å². The quantitative estimate of drug-likeness (QED) is 0.790. The van der Waals surface area contributed by atoms with Crippen LogP contribution in [0.4, 0.5) is 0 Å². The average molecular weight is 221 g/mol. The number of carbonyl (C=O) groups is 1. The predicted octanol–water partition coefficient (Wildman–Crippen LogP) is 1.95. The Morgan fingerprint density at radius 1 is 1.31 bits per heavy atom. The van der Waals surface area contributed by atoms with Gasteiger partial charge in [-0.15, -0.1) is 0 Å². The van der Waals surface area contributed by atoms with Crippen LogP contribution in [0.25, 0.3) is 0 Å². The fourth-order valence-corrected chi connectivity index (χ4v) is 1.70. The van der Waals surface area contributed by atoms with E-state index in [2.05, 4.69) is 42.1 Å². The summed E-state index contributed by atoms with van der Waals surface area (Å²) in [7, 11) is 1.40. The number of esters is 1. The molecule has 1 unspecified atom stereocenters. The molecule has 3 nitrogen and oxygen atoms in total. The fourth-order valence-electron chi connectivity index (χ4n) is 1.70. The van der Waals surface area contributed by atoms with E-state index in [1.54, 1.807) is 6.92 Å². The van der Waals surface area contributed by atoms with Crippen molar-refractivity contribution >= 4 is 5.97 Å². The van der Waals surface area contributed by atoms with Crippen molar-refractivity contribution in [2.75, 3.05) is 7.11 Å². The minimum atomic E-state index is -0.272. The Balaban J connectivity index is 2.57. The third-order valence-corrected chi connectivity index (χ3v) is 2.45. The van der Waals surface area contributed by atoms with Gasteiger partial charge in [0, 0.05) is 6.54 Å². The van der Waals surface area contributed by atoms with Crippen molar-refractivity contribution < 1.29 is 9.53 Å². The molecule has 1 aromatic carbocycles. The molecule has 0 amide bonds. The highest BCUT2D eigenvalue weighted by Crippen LogP contribution is 2.08. The molecule has 0 saturated carbocycles. The van der Waals surface area contributed by atoms with Crippen LogP contribution < -0.4 is 5.32 Å². The van der Waals surface area contributed by atoms with Crippen molar-refractivity contribution in [1.82, 2.24) is 5.32 Å². The second kappa shape index (κ2) is 5.66. The first-order chi connectivity index (χ1) is 7.52. The molecule has 0 aliphatic carbocycles. The molecule has 16 heavy (non-hydrogen) atoms. The lowest BCUT2D eigenvalue weighted by Gasteiger charge is -2.12. The van der Waals surface area contributed by atoms with Crippen molar-refractivity contribution in [3.8, 4) is 0 Å². The van der Waals surface area contributed by atoms with Gasteiger partial charge in [0.25, 0.3) is 0 Å². The lowest BCUT2D eigenvalue weighted by molar-refractivity contribution is -0.142. The van der Waals surface area contributed by atoms with Crippen LogP contribution in [0.3, 0.4) is 0 Å². The number of ether oxygens (including phenoxy) is 1. The minimum absolute atomic E-state index is 0.232. The molecule has 1 rings (SSSR count). The van der Waals surface area contributed by atoms with Crippen molar-refractivity contribution in [1.29, 1.82) is 0 Å². The molecule has 0 saturated heterocycles. The molecule has 0 radical (unpaired) electrons. The van der Waals surface area contributed by atoms with Crippen LogP contribution in [0, 0.1) is 13.8 Å². The van der Waals surface area contributed by atoms with Crippen LogP contribution in [0.5, 0.6) is 0 Å². The number of benzene rings is 1. The number of carbonyl (C=O) groups excluding carboxylic acids is 1. The maximum absolute atomic E-state index is 11.2. The SMILES string of the molecule is COC(=O)C(C)NCc1cc(C)cc(C)c1. The van der Waals surface area contributed by atoms with E-state index in [4.69, 9.17) is 0 Å². The van der Waals surface area contributed by atoms with Crippen LogP contribution in [0.15, 0.2) is 18.2 Å². The molecule has 0 spiro atoms. The number of aryl methyl sites for hydroxylation is 2. The molecule has 0 aliphatic heterocycles. The van der Waals surface area contributed by atoms with Gasteiger partial charge in [0.1, 0.15) is 6.04 Å². The van der Waals surface area contributed by atoms with Crippen LogP contribution in [0.1, 0.15) is 23.6 Å². The number of nitrogens with one attached hydrogen (secondary N) is 1. The van der Waals surface area contributed by atoms with E-state index in [1.165, 1.54) is 23.8 Å². The Bertz CT molecular complexity index is 354. The first kappa shape index (κ1) is 12.7. The summed E-state index contributed by atoms with van der Waals surface area (Å²) < 4.78 is 4.65. The zero-order chi connectivity index (χ0) is 12.1. The van der Waals surface area contributed by atoms with Gasteiger partial charge in [0.05, 0.1) is 7.11 Å². The van der Waals surface area contributed by atoms with Crippen molar-refractivity contribution in [3.05, 3.63) is 34.9 Å². The lowest BCUT2D eigenvalue weighted by Crippen LogP contribution is -2.34. The van der Waals surface area contributed by atoms with Gasteiger partial charge in [0.2, 0.25) is 0 Å². The molecule has 0 fully saturated rings. The third kappa shape index (κ3) is 3.66. The van der Waals surface area contributed by atoms with E-state index in [1.807, 2.05) is 0 Å². The Kier molecular flexibility index (Phi) is 4.50. The molecular formula is C13H19NO2. The summed E-state index contributed by atoms with van der Waals surface area (Å²) in [5.74, 6) is -0.232. The number of rotatable bonds is 4. The molecule has 3 heteroatoms. The molecule has 1 atom stereocenters. The molecule has 0 aromatic heterocycles. The van der Waals surface area contributed by atoms with Gasteiger partial charge in [-0.25, -0.2) is 0 Å². The Labute approximate surface area is 96.8 Å². The van der Waals surface area contributed by atoms with E-state index in [0.717, 1.165) is 0 Å². The average Bonchev–Trinajstić information content (AvgIpc) is 2.23. The molecule has 0 aliphatic rings. The number of hydrogen-bond acceptors (Lipinski definition) is 3. The van der Waals surface area contributed by atoms with Gasteiger partial charge < -0.3 is 10.1 Å². The lowest BCUT2D eigenvalue weighted by atomic mass is 10.1. The zero-order valence-corrected chi connectivity index (χ0v) is 10.3. The van der Waals surface area contributed by atoms with E-state index in [9.17, 15) is 4.79 Å². The first-order valence-corrected chi connectivity index (χ1v) is 5.41. The van der Waals surface area contributed by atoms with E-state index in [0.29, 0.717) is 6.54 Å². The van der Waals surface area contributed by atoms with Crippen molar-refractivity contribution in [3.63, 3.8) is 0 Å². The highest BCUT2D eigenvalue weighted by molar-refractivity contribution is 5.75. The van der Waals surface area contributed by atoms with E-state index >= 15 is 0 Å². The highest BCUT2D eigenvalue weighted by Gasteiger charge is 2.11. The molecule has 0 bridgehead atoms. The summed E-state index contributed by atoms with van der Waals surface area (Å²) in [5, 5.41) is 3.13. The molecule has 88 valence electrons. The van der Waals surface area contributed by atoms with E-state index < -0.39 is 0 Å². The van der Waals surface area contributed by atoms with Gasteiger partial charge in [-0.05, 0) is 26.3 Å². The number of hydrogen-bond donors (Lipinski definition) is 1. The summed E-state index contributed by atoms with van der Waals surface area (Å²) in [6.07, 6.45) is 0. The molecular weight excluding hydrogens is 202 g/mol. The standard InChI is InChI=1S/C13H19NO2/c1-9-5-10(2)7-12(6-9)8-14-11(3)13(15)16-4/h5-7,11,14H,8H2,1-4H3.